The number of benzene rings is 1. The molecule has 2 N–H and O–H groups in total. The number of pyridine rings is 1. The van der Waals surface area contributed by atoms with Crippen molar-refractivity contribution in [3.8, 4) is 0 Å². The van der Waals surface area contributed by atoms with Gasteiger partial charge in [0.2, 0.25) is 0 Å². The Balaban J connectivity index is 0.00000208. The first-order valence-electron chi connectivity index (χ1n) is 6.67. The van der Waals surface area contributed by atoms with Gasteiger partial charge in [0.1, 0.15) is 5.82 Å². The standard InChI is InChI=1S/C15H13N3O4S.Na.H/c1-18-13(15(20)17-12-8-4-5-9-16-12)14(19)10-6-2-3-7-11(10)23(18,21)22;;/h2-9,19H,1H3,(H,16,17,20);;. The summed E-state index contributed by atoms with van der Waals surface area (Å²) >= 11 is 0. The quantitative estimate of drug-likeness (QED) is 0.781. The summed E-state index contributed by atoms with van der Waals surface area (Å²) in [6, 6.07) is 10.9. The first-order chi connectivity index (χ1) is 10.9. The van der Waals surface area contributed by atoms with E-state index < -0.39 is 21.7 Å². The molecule has 1 aromatic carbocycles. The van der Waals surface area contributed by atoms with Crippen molar-refractivity contribution in [1.82, 2.24) is 9.29 Å². The Morgan fingerprint density at radius 2 is 1.83 bits per heavy atom. The summed E-state index contributed by atoms with van der Waals surface area (Å²) < 4.78 is 25.8. The number of carbonyl (C=O) groups is 1. The van der Waals surface area contributed by atoms with Gasteiger partial charge in [-0.3, -0.25) is 9.10 Å². The van der Waals surface area contributed by atoms with Gasteiger partial charge in [-0.25, -0.2) is 13.4 Å². The molecule has 0 unspecified atom stereocenters. The van der Waals surface area contributed by atoms with E-state index in [9.17, 15) is 18.3 Å². The monoisotopic (exact) mass is 355 g/mol. The summed E-state index contributed by atoms with van der Waals surface area (Å²) in [6.45, 7) is 0. The van der Waals surface area contributed by atoms with Crippen molar-refractivity contribution >= 4 is 57.1 Å². The molecule has 0 saturated heterocycles. The molecule has 120 valence electrons. The Bertz CT molecular complexity index is 913. The topological polar surface area (TPSA) is 99.6 Å². The molecule has 1 aromatic heterocycles. The number of hydrogen-bond donors (Lipinski definition) is 2. The summed E-state index contributed by atoms with van der Waals surface area (Å²) in [4.78, 5) is 16.3. The average molecular weight is 355 g/mol. The van der Waals surface area contributed by atoms with Crippen LogP contribution in [0.1, 0.15) is 5.56 Å². The number of anilines is 1. The van der Waals surface area contributed by atoms with Crippen LogP contribution >= 0.6 is 0 Å². The Morgan fingerprint density at radius 1 is 1.17 bits per heavy atom. The molecule has 0 spiro atoms. The van der Waals surface area contributed by atoms with Crippen LogP contribution in [0.3, 0.4) is 0 Å². The Kier molecular flexibility index (Phi) is 5.34. The third-order valence-electron chi connectivity index (χ3n) is 3.44. The number of fused-ring (bicyclic) bond motifs is 1. The molecular weight excluding hydrogens is 341 g/mol. The van der Waals surface area contributed by atoms with E-state index in [1.165, 1.54) is 25.4 Å². The Morgan fingerprint density at radius 3 is 2.50 bits per heavy atom. The molecule has 7 nitrogen and oxygen atoms in total. The van der Waals surface area contributed by atoms with Gasteiger partial charge in [0.05, 0.1) is 4.90 Å². The van der Waals surface area contributed by atoms with E-state index >= 15 is 0 Å². The van der Waals surface area contributed by atoms with E-state index in [0.717, 1.165) is 4.31 Å². The number of nitrogens with zero attached hydrogens (tertiary/aromatic N) is 2. The predicted molar refractivity (Wildman–Crippen MR) is 91.0 cm³/mol. The summed E-state index contributed by atoms with van der Waals surface area (Å²) in [5, 5.41) is 12.8. The molecule has 1 amide bonds. The van der Waals surface area contributed by atoms with Gasteiger partial charge in [0.25, 0.3) is 15.9 Å². The Labute approximate surface area is 161 Å². The van der Waals surface area contributed by atoms with Crippen molar-refractivity contribution in [2.75, 3.05) is 12.4 Å². The number of aromatic nitrogens is 1. The molecule has 3 rings (SSSR count). The van der Waals surface area contributed by atoms with Crippen molar-refractivity contribution in [2.24, 2.45) is 0 Å². The summed E-state index contributed by atoms with van der Waals surface area (Å²) in [5.74, 6) is -0.907. The average Bonchev–Trinajstić information content (AvgIpc) is 2.54. The molecule has 24 heavy (non-hydrogen) atoms. The second-order valence-electron chi connectivity index (χ2n) is 4.84. The van der Waals surface area contributed by atoms with Gasteiger partial charge < -0.3 is 10.4 Å². The van der Waals surface area contributed by atoms with Crippen LogP contribution in [-0.4, -0.2) is 65.3 Å². The molecule has 0 fully saturated rings. The van der Waals surface area contributed by atoms with Crippen LogP contribution in [0.2, 0.25) is 0 Å². The van der Waals surface area contributed by atoms with Gasteiger partial charge in [0, 0.05) is 18.8 Å². The third kappa shape index (κ3) is 3.05. The van der Waals surface area contributed by atoms with Crippen LogP contribution in [0.25, 0.3) is 5.76 Å². The SMILES string of the molecule is CN1C(C(=O)Nc2ccccn2)=C(O)c2ccccc2S1(=O)=O.[NaH]. The fourth-order valence-corrected chi connectivity index (χ4v) is 3.69. The molecule has 9 heteroatoms. The van der Waals surface area contributed by atoms with Gasteiger partial charge in [0.15, 0.2) is 11.5 Å². The first kappa shape index (κ1) is 18.5. The number of sulfonamides is 1. The maximum absolute atomic E-state index is 12.5. The summed E-state index contributed by atoms with van der Waals surface area (Å²) in [6.07, 6.45) is 1.49. The number of nitrogens with one attached hydrogen (secondary N) is 1. The van der Waals surface area contributed by atoms with Crippen molar-refractivity contribution < 1.29 is 18.3 Å². The van der Waals surface area contributed by atoms with Crippen LogP contribution in [0.4, 0.5) is 5.82 Å². The molecule has 2 aromatic rings. The van der Waals surface area contributed by atoms with Crippen molar-refractivity contribution in [1.29, 1.82) is 0 Å². The molecule has 2 heterocycles. The van der Waals surface area contributed by atoms with Gasteiger partial charge in [-0.1, -0.05) is 18.2 Å². The zero-order valence-electron chi connectivity index (χ0n) is 12.1. The fourth-order valence-electron chi connectivity index (χ4n) is 2.29. The summed E-state index contributed by atoms with van der Waals surface area (Å²) in [7, 11) is -2.69. The van der Waals surface area contributed by atoms with Crippen molar-refractivity contribution in [2.45, 2.75) is 4.90 Å². The number of aliphatic hydroxyl groups excluding tert-OH is 1. The number of amides is 1. The van der Waals surface area contributed by atoms with E-state index in [1.807, 2.05) is 0 Å². The van der Waals surface area contributed by atoms with E-state index in [2.05, 4.69) is 10.3 Å². The van der Waals surface area contributed by atoms with Gasteiger partial charge >= 0.3 is 29.6 Å². The molecule has 1 aliphatic rings. The van der Waals surface area contributed by atoms with Crippen molar-refractivity contribution in [3.63, 3.8) is 0 Å². The van der Waals surface area contributed by atoms with Crippen LogP contribution in [0.15, 0.2) is 59.3 Å². The number of carbonyl (C=O) groups excluding carboxylic acids is 1. The van der Waals surface area contributed by atoms with E-state index in [4.69, 9.17) is 0 Å². The zero-order chi connectivity index (χ0) is 16.6. The fraction of sp³-hybridized carbons (Fsp3) is 0.0667. The maximum atomic E-state index is 12.5. The predicted octanol–water partition coefficient (Wildman–Crippen LogP) is 0.932. The molecule has 0 aliphatic carbocycles. The molecule has 1 aliphatic heterocycles. The molecule has 0 saturated carbocycles. The number of aliphatic hydroxyl groups is 1. The first-order valence-corrected chi connectivity index (χ1v) is 8.11. The normalized spacial score (nSPS) is 15.3. The van der Waals surface area contributed by atoms with Gasteiger partial charge in [-0.05, 0) is 24.3 Å². The molecule has 0 atom stereocenters. The van der Waals surface area contributed by atoms with Gasteiger partial charge in [-0.2, -0.15) is 0 Å². The second-order valence-corrected chi connectivity index (χ2v) is 6.77. The van der Waals surface area contributed by atoms with Crippen molar-refractivity contribution in [3.05, 3.63) is 59.9 Å². The minimum atomic E-state index is -3.91. The van der Waals surface area contributed by atoms with Gasteiger partial charge in [-0.15, -0.1) is 0 Å². The summed E-state index contributed by atoms with van der Waals surface area (Å²) in [5.41, 5.74) is -0.258. The van der Waals surface area contributed by atoms with Crippen LogP contribution in [0, 0.1) is 0 Å². The minimum absolute atomic E-state index is 0. The van der Waals surface area contributed by atoms with E-state index in [0.29, 0.717) is 0 Å². The van der Waals surface area contributed by atoms with E-state index in [-0.39, 0.29) is 51.5 Å². The molecular formula is C15H14N3NaO4S. The van der Waals surface area contributed by atoms with Crippen LogP contribution in [-0.2, 0) is 14.8 Å². The number of hydrogen-bond acceptors (Lipinski definition) is 5. The zero-order valence-corrected chi connectivity index (χ0v) is 12.9. The van der Waals surface area contributed by atoms with E-state index in [1.54, 1.807) is 30.3 Å². The molecule has 0 bridgehead atoms. The van der Waals surface area contributed by atoms with Crippen LogP contribution in [0.5, 0.6) is 0 Å². The van der Waals surface area contributed by atoms with Crippen LogP contribution < -0.4 is 5.32 Å². The Hall–Kier alpha value is -1.87. The second kappa shape index (κ2) is 6.94. The molecule has 0 radical (unpaired) electrons. The number of likely N-dealkylation sites (N-methyl/N-ethyl adjacent to an activating group) is 1. The number of rotatable bonds is 2. The third-order valence-corrected chi connectivity index (χ3v) is 5.26.